The van der Waals surface area contributed by atoms with Crippen LogP contribution in [0.3, 0.4) is 0 Å². The van der Waals surface area contributed by atoms with Crippen LogP contribution in [0.25, 0.3) is 5.69 Å². The summed E-state index contributed by atoms with van der Waals surface area (Å²) < 4.78 is 12.6. The highest BCUT2D eigenvalue weighted by Crippen LogP contribution is 2.27. The van der Waals surface area contributed by atoms with Crippen LogP contribution in [0.5, 0.6) is 11.5 Å². The lowest BCUT2D eigenvalue weighted by Crippen LogP contribution is -2.20. The first-order valence-electron chi connectivity index (χ1n) is 8.93. The zero-order valence-corrected chi connectivity index (χ0v) is 17.0. The fourth-order valence-corrected chi connectivity index (χ4v) is 3.38. The molecular weight excluding hydrogens is 390 g/mol. The molecule has 0 amide bonds. The number of hydrogen-bond donors (Lipinski definition) is 1. The van der Waals surface area contributed by atoms with E-state index >= 15 is 0 Å². The van der Waals surface area contributed by atoms with Gasteiger partial charge in [0.05, 0.1) is 25.7 Å². The quantitative estimate of drug-likeness (QED) is 0.536. The van der Waals surface area contributed by atoms with Gasteiger partial charge in [-0.05, 0) is 52.7 Å². The van der Waals surface area contributed by atoms with Crippen molar-refractivity contribution in [1.29, 1.82) is 5.26 Å². The number of methoxy groups -OCH3 is 1. The molecule has 0 aliphatic heterocycles. The molecule has 0 spiro atoms. The molecular formula is C20H21N5O3S. The maximum absolute atomic E-state index is 10.3. The van der Waals surface area contributed by atoms with Crippen LogP contribution >= 0.6 is 11.8 Å². The van der Waals surface area contributed by atoms with Crippen molar-refractivity contribution in [3.05, 3.63) is 53.6 Å². The van der Waals surface area contributed by atoms with Gasteiger partial charge in [-0.1, -0.05) is 30.0 Å². The van der Waals surface area contributed by atoms with Crippen molar-refractivity contribution < 1.29 is 14.6 Å². The second-order valence-electron chi connectivity index (χ2n) is 6.30. The molecule has 29 heavy (non-hydrogen) atoms. The Morgan fingerprint density at radius 3 is 2.76 bits per heavy atom. The highest BCUT2D eigenvalue weighted by atomic mass is 32.2. The normalized spacial score (nSPS) is 11.7. The number of hydrogen-bond acceptors (Lipinski definition) is 8. The lowest BCUT2D eigenvalue weighted by molar-refractivity contribution is 0.126. The van der Waals surface area contributed by atoms with Crippen LogP contribution in [0.4, 0.5) is 0 Å². The van der Waals surface area contributed by atoms with Gasteiger partial charge in [-0.15, -0.1) is 5.10 Å². The number of aromatic nitrogens is 4. The standard InChI is InChI=1S/C20H21N5O3S/c1-14-3-8-19(27-2)18(11-14)25-20(22-23-24-25)29-13-16(26)12-28-17-6-4-15(5-7-17)9-10-21/h3-8,11,16,26H,9,12-13H2,1-2H3/t16-/m0/s1. The van der Waals surface area contributed by atoms with E-state index in [1.807, 2.05) is 37.3 Å². The van der Waals surface area contributed by atoms with E-state index in [9.17, 15) is 5.11 Å². The van der Waals surface area contributed by atoms with Gasteiger partial charge in [-0.25, -0.2) is 0 Å². The highest BCUT2D eigenvalue weighted by Gasteiger charge is 2.16. The largest absolute Gasteiger partial charge is 0.494 e. The number of aryl methyl sites for hydroxylation is 1. The van der Waals surface area contributed by atoms with Crippen molar-refractivity contribution in [3.8, 4) is 23.3 Å². The van der Waals surface area contributed by atoms with Crippen molar-refractivity contribution in [2.75, 3.05) is 19.5 Å². The molecule has 2 aromatic carbocycles. The minimum Gasteiger partial charge on any atom is -0.494 e. The maximum atomic E-state index is 10.3. The summed E-state index contributed by atoms with van der Waals surface area (Å²) >= 11 is 1.33. The number of rotatable bonds is 9. The van der Waals surface area contributed by atoms with E-state index in [0.717, 1.165) is 16.8 Å². The molecule has 1 aromatic heterocycles. The number of thioether (sulfide) groups is 1. The van der Waals surface area contributed by atoms with Crippen molar-refractivity contribution >= 4 is 11.8 Å². The molecule has 0 saturated carbocycles. The van der Waals surface area contributed by atoms with Crippen LogP contribution in [-0.4, -0.2) is 50.9 Å². The van der Waals surface area contributed by atoms with E-state index < -0.39 is 6.10 Å². The number of benzene rings is 2. The van der Waals surface area contributed by atoms with Crippen LogP contribution in [0.2, 0.25) is 0 Å². The summed E-state index contributed by atoms with van der Waals surface area (Å²) in [5.74, 6) is 1.67. The van der Waals surface area contributed by atoms with E-state index in [4.69, 9.17) is 14.7 Å². The second-order valence-corrected chi connectivity index (χ2v) is 7.29. The number of nitrogens with zero attached hydrogens (tertiary/aromatic N) is 5. The summed E-state index contributed by atoms with van der Waals surface area (Å²) in [4.78, 5) is 0. The van der Waals surface area contributed by atoms with Crippen LogP contribution in [0.15, 0.2) is 47.6 Å². The van der Waals surface area contributed by atoms with Gasteiger partial charge in [0.25, 0.3) is 0 Å². The minimum absolute atomic E-state index is 0.139. The summed E-state index contributed by atoms with van der Waals surface area (Å²) in [6, 6.07) is 15.1. The van der Waals surface area contributed by atoms with Crippen molar-refractivity contribution in [1.82, 2.24) is 20.2 Å². The SMILES string of the molecule is COc1ccc(C)cc1-n1nnnc1SC[C@@H](O)COc1ccc(CC#N)cc1. The monoisotopic (exact) mass is 411 g/mol. The third kappa shape index (κ3) is 5.47. The molecule has 9 heteroatoms. The molecule has 0 radical (unpaired) electrons. The van der Waals surface area contributed by atoms with Crippen LogP contribution < -0.4 is 9.47 Å². The third-order valence-electron chi connectivity index (χ3n) is 4.06. The zero-order chi connectivity index (χ0) is 20.6. The van der Waals surface area contributed by atoms with Gasteiger partial charge in [0, 0.05) is 5.75 Å². The summed E-state index contributed by atoms with van der Waals surface area (Å²) in [7, 11) is 1.60. The molecule has 3 rings (SSSR count). The van der Waals surface area contributed by atoms with Crippen molar-refractivity contribution in [2.45, 2.75) is 24.6 Å². The van der Waals surface area contributed by atoms with Gasteiger partial charge < -0.3 is 14.6 Å². The smallest absolute Gasteiger partial charge is 0.214 e. The average Bonchev–Trinajstić information content (AvgIpc) is 3.20. The number of aliphatic hydroxyl groups is 1. The van der Waals surface area contributed by atoms with Crippen molar-refractivity contribution in [2.24, 2.45) is 0 Å². The fourth-order valence-electron chi connectivity index (χ4n) is 2.59. The van der Waals surface area contributed by atoms with E-state index in [0.29, 0.717) is 28.8 Å². The Kier molecular flexibility index (Phi) is 7.05. The highest BCUT2D eigenvalue weighted by molar-refractivity contribution is 7.99. The van der Waals surface area contributed by atoms with Gasteiger partial charge in [0.2, 0.25) is 5.16 Å². The second kappa shape index (κ2) is 9.91. The number of tetrazole rings is 1. The first kappa shape index (κ1) is 20.6. The van der Waals surface area contributed by atoms with Crippen LogP contribution in [0, 0.1) is 18.3 Å². The predicted molar refractivity (Wildman–Crippen MR) is 108 cm³/mol. The number of ether oxygens (including phenoxy) is 2. The molecule has 1 heterocycles. The van der Waals surface area contributed by atoms with E-state index in [-0.39, 0.29) is 6.61 Å². The Balaban J connectivity index is 1.58. The molecule has 0 bridgehead atoms. The molecule has 0 saturated heterocycles. The first-order valence-corrected chi connectivity index (χ1v) is 9.92. The van der Waals surface area contributed by atoms with Gasteiger partial charge in [0.1, 0.15) is 23.8 Å². The Bertz CT molecular complexity index is 985. The topological polar surface area (TPSA) is 106 Å². The lowest BCUT2D eigenvalue weighted by atomic mass is 10.2. The van der Waals surface area contributed by atoms with Gasteiger partial charge >= 0.3 is 0 Å². The summed E-state index contributed by atoms with van der Waals surface area (Å²) in [6.45, 7) is 2.12. The first-order chi connectivity index (χ1) is 14.1. The van der Waals surface area contributed by atoms with Crippen LogP contribution in [0.1, 0.15) is 11.1 Å². The molecule has 0 aliphatic carbocycles. The zero-order valence-electron chi connectivity index (χ0n) is 16.1. The fraction of sp³-hybridized carbons (Fsp3) is 0.300. The third-order valence-corrected chi connectivity index (χ3v) is 5.12. The summed E-state index contributed by atoms with van der Waals surface area (Å²) in [6.07, 6.45) is -0.344. The van der Waals surface area contributed by atoms with Crippen molar-refractivity contribution in [3.63, 3.8) is 0 Å². The average molecular weight is 411 g/mol. The molecule has 1 atom stereocenters. The van der Waals surface area contributed by atoms with E-state index in [1.165, 1.54) is 11.8 Å². The van der Waals surface area contributed by atoms with E-state index in [1.54, 1.807) is 23.9 Å². The summed E-state index contributed by atoms with van der Waals surface area (Å²) in [5.41, 5.74) is 2.72. The van der Waals surface area contributed by atoms with Gasteiger partial charge in [0.15, 0.2) is 0 Å². The van der Waals surface area contributed by atoms with Gasteiger partial charge in [-0.3, -0.25) is 0 Å². The predicted octanol–water partition coefficient (Wildman–Crippen LogP) is 2.58. The number of nitriles is 1. The summed E-state index contributed by atoms with van der Waals surface area (Å²) in [5, 5.41) is 31.4. The minimum atomic E-state index is -0.705. The molecule has 8 nitrogen and oxygen atoms in total. The molecule has 1 N–H and O–H groups in total. The molecule has 3 aromatic rings. The van der Waals surface area contributed by atoms with E-state index in [2.05, 4.69) is 21.6 Å². The number of aliphatic hydroxyl groups excluding tert-OH is 1. The molecule has 0 fully saturated rings. The Morgan fingerprint density at radius 2 is 2.03 bits per heavy atom. The Hall–Kier alpha value is -3.09. The molecule has 0 unspecified atom stereocenters. The van der Waals surface area contributed by atoms with Crippen LogP contribution in [-0.2, 0) is 6.42 Å². The van der Waals surface area contributed by atoms with Gasteiger partial charge in [-0.2, -0.15) is 9.94 Å². The lowest BCUT2D eigenvalue weighted by Gasteiger charge is -2.13. The Labute approximate surface area is 173 Å². The molecule has 150 valence electrons. The maximum Gasteiger partial charge on any atom is 0.214 e. The Morgan fingerprint density at radius 1 is 1.24 bits per heavy atom. The molecule has 0 aliphatic rings.